The van der Waals surface area contributed by atoms with Crippen molar-refractivity contribution >= 4 is 28.4 Å². The van der Waals surface area contributed by atoms with E-state index in [4.69, 9.17) is 16.6 Å². The molecule has 132 valence electrons. The van der Waals surface area contributed by atoms with Crippen LogP contribution in [0.25, 0.3) is 22.2 Å². The van der Waals surface area contributed by atoms with Crippen LogP contribution in [-0.2, 0) is 0 Å². The maximum Gasteiger partial charge on any atom is 0.254 e. The lowest BCUT2D eigenvalue weighted by Crippen LogP contribution is -2.40. The van der Waals surface area contributed by atoms with Crippen molar-refractivity contribution in [3.05, 3.63) is 65.2 Å². The van der Waals surface area contributed by atoms with Gasteiger partial charge in [-0.25, -0.2) is 4.98 Å². The van der Waals surface area contributed by atoms with Gasteiger partial charge in [-0.1, -0.05) is 48.0 Å². The summed E-state index contributed by atoms with van der Waals surface area (Å²) in [5.41, 5.74) is 2.89. The number of carbonyl (C=O) groups excluding carboxylic acids is 1. The minimum Gasteiger partial charge on any atom is -0.393 e. The number of amides is 1. The molecule has 0 spiro atoms. The molecule has 1 aliphatic rings. The van der Waals surface area contributed by atoms with Crippen molar-refractivity contribution in [1.29, 1.82) is 0 Å². The van der Waals surface area contributed by atoms with E-state index in [0.29, 0.717) is 42.2 Å². The van der Waals surface area contributed by atoms with Crippen LogP contribution in [0.15, 0.2) is 54.6 Å². The molecule has 1 aromatic heterocycles. The lowest BCUT2D eigenvalue weighted by Gasteiger charge is -2.30. The molecule has 2 aromatic carbocycles. The van der Waals surface area contributed by atoms with Gasteiger partial charge in [-0.3, -0.25) is 4.79 Å². The molecule has 0 saturated carbocycles. The highest BCUT2D eigenvalue weighted by Gasteiger charge is 2.24. The summed E-state index contributed by atoms with van der Waals surface area (Å²) in [5, 5.41) is 11.2. The number of pyridine rings is 1. The summed E-state index contributed by atoms with van der Waals surface area (Å²) < 4.78 is 0. The first-order valence-corrected chi connectivity index (χ1v) is 9.13. The Morgan fingerprint density at radius 2 is 1.77 bits per heavy atom. The first-order valence-electron chi connectivity index (χ1n) is 8.75. The van der Waals surface area contributed by atoms with Crippen molar-refractivity contribution in [3.8, 4) is 11.3 Å². The number of piperidine rings is 1. The Bertz CT molecular complexity index is 965. The zero-order valence-electron chi connectivity index (χ0n) is 14.2. The van der Waals surface area contributed by atoms with Crippen LogP contribution in [0.4, 0.5) is 0 Å². The molecule has 0 unspecified atom stereocenters. The van der Waals surface area contributed by atoms with Crippen LogP contribution in [0.2, 0.25) is 5.02 Å². The van der Waals surface area contributed by atoms with E-state index in [1.54, 1.807) is 0 Å². The quantitative estimate of drug-likeness (QED) is 0.741. The fraction of sp³-hybridized carbons (Fsp3) is 0.238. The molecule has 3 aromatic rings. The largest absolute Gasteiger partial charge is 0.393 e. The number of aliphatic hydroxyl groups is 1. The second kappa shape index (κ2) is 7.06. The summed E-state index contributed by atoms with van der Waals surface area (Å²) in [6.45, 7) is 1.14. The molecular weight excluding hydrogens is 348 g/mol. The molecule has 0 bridgehead atoms. The summed E-state index contributed by atoms with van der Waals surface area (Å²) in [4.78, 5) is 19.7. The van der Waals surface area contributed by atoms with Crippen LogP contribution in [0.5, 0.6) is 0 Å². The monoisotopic (exact) mass is 366 g/mol. The molecule has 1 fully saturated rings. The van der Waals surface area contributed by atoms with Gasteiger partial charge < -0.3 is 10.0 Å². The number of halogens is 1. The third-order valence-corrected chi connectivity index (χ3v) is 5.18. The molecule has 1 saturated heterocycles. The minimum atomic E-state index is -0.313. The number of hydrogen-bond donors (Lipinski definition) is 1. The zero-order chi connectivity index (χ0) is 18.1. The van der Waals surface area contributed by atoms with Gasteiger partial charge in [0.15, 0.2) is 0 Å². The van der Waals surface area contributed by atoms with Gasteiger partial charge in [-0.2, -0.15) is 0 Å². The first-order chi connectivity index (χ1) is 12.6. The average molecular weight is 367 g/mol. The molecule has 0 atom stereocenters. The highest BCUT2D eigenvalue weighted by atomic mass is 35.5. The molecule has 2 heterocycles. The lowest BCUT2D eigenvalue weighted by atomic mass is 10.0. The van der Waals surface area contributed by atoms with Crippen molar-refractivity contribution in [2.24, 2.45) is 0 Å². The molecule has 1 aliphatic heterocycles. The van der Waals surface area contributed by atoms with Gasteiger partial charge in [0.1, 0.15) is 0 Å². The lowest BCUT2D eigenvalue weighted by molar-refractivity contribution is 0.0548. The van der Waals surface area contributed by atoms with Gasteiger partial charge in [0.25, 0.3) is 5.91 Å². The van der Waals surface area contributed by atoms with Gasteiger partial charge in [-0.05, 0) is 31.0 Å². The Morgan fingerprint density at radius 3 is 2.54 bits per heavy atom. The maximum atomic E-state index is 13.2. The average Bonchev–Trinajstić information content (AvgIpc) is 2.67. The third kappa shape index (κ3) is 3.18. The van der Waals surface area contributed by atoms with Crippen molar-refractivity contribution in [2.45, 2.75) is 18.9 Å². The Labute approximate surface area is 157 Å². The number of nitrogens with zero attached hydrogens (tertiary/aromatic N) is 2. The van der Waals surface area contributed by atoms with E-state index in [0.717, 1.165) is 16.5 Å². The summed E-state index contributed by atoms with van der Waals surface area (Å²) >= 11 is 6.34. The van der Waals surface area contributed by atoms with Crippen LogP contribution in [0.1, 0.15) is 23.2 Å². The smallest absolute Gasteiger partial charge is 0.254 e. The first kappa shape index (κ1) is 17.0. The number of aliphatic hydroxyl groups excluding tert-OH is 1. The van der Waals surface area contributed by atoms with Crippen LogP contribution in [-0.4, -0.2) is 40.1 Å². The molecule has 0 aliphatic carbocycles. The van der Waals surface area contributed by atoms with Crippen LogP contribution < -0.4 is 0 Å². The molecule has 0 radical (unpaired) electrons. The maximum absolute atomic E-state index is 13.2. The number of rotatable bonds is 2. The highest BCUT2D eigenvalue weighted by molar-refractivity contribution is 6.33. The van der Waals surface area contributed by atoms with Gasteiger partial charge in [0.2, 0.25) is 0 Å². The van der Waals surface area contributed by atoms with E-state index in [2.05, 4.69) is 0 Å². The Kier molecular flexibility index (Phi) is 4.62. The Morgan fingerprint density at radius 1 is 1.08 bits per heavy atom. The van der Waals surface area contributed by atoms with E-state index in [1.807, 2.05) is 59.5 Å². The number of para-hydroxylation sites is 1. The third-order valence-electron chi connectivity index (χ3n) is 4.85. The molecule has 4 nitrogen and oxygen atoms in total. The van der Waals surface area contributed by atoms with Crippen LogP contribution >= 0.6 is 11.6 Å². The van der Waals surface area contributed by atoms with Crippen molar-refractivity contribution in [3.63, 3.8) is 0 Å². The minimum absolute atomic E-state index is 0.0243. The Balaban J connectivity index is 1.83. The Hall–Kier alpha value is -2.43. The molecular formula is C21H19ClN2O2. The summed E-state index contributed by atoms with van der Waals surface area (Å²) in [7, 11) is 0. The van der Waals surface area contributed by atoms with E-state index >= 15 is 0 Å². The molecule has 1 N–H and O–H groups in total. The van der Waals surface area contributed by atoms with E-state index in [-0.39, 0.29) is 12.0 Å². The predicted molar refractivity (Wildman–Crippen MR) is 103 cm³/mol. The second-order valence-electron chi connectivity index (χ2n) is 6.58. The zero-order valence-corrected chi connectivity index (χ0v) is 15.0. The number of fused-ring (bicyclic) bond motifs is 1. The topological polar surface area (TPSA) is 53.4 Å². The van der Waals surface area contributed by atoms with Gasteiger partial charge in [-0.15, -0.1) is 0 Å². The SMILES string of the molecule is O=C(c1cc(-c2ccccc2Cl)nc2ccccc12)N1CCC(O)CC1. The molecule has 1 amide bonds. The standard InChI is InChI=1S/C21H19ClN2O2/c22-18-7-3-1-6-16(18)20-13-17(15-5-2-4-8-19(15)23-20)21(26)24-11-9-14(25)10-12-24/h1-8,13-14,25H,9-12H2. The van der Waals surface area contributed by atoms with Gasteiger partial charge >= 0.3 is 0 Å². The van der Waals surface area contributed by atoms with Gasteiger partial charge in [0, 0.05) is 29.1 Å². The summed E-state index contributed by atoms with van der Waals surface area (Å²) in [6.07, 6.45) is 0.921. The molecule has 5 heteroatoms. The van der Waals surface area contributed by atoms with Crippen molar-refractivity contribution in [2.75, 3.05) is 13.1 Å². The summed E-state index contributed by atoms with van der Waals surface area (Å²) in [5.74, 6) is -0.0243. The number of hydrogen-bond acceptors (Lipinski definition) is 3. The normalized spacial score (nSPS) is 15.4. The van der Waals surface area contributed by atoms with E-state index in [9.17, 15) is 9.90 Å². The fourth-order valence-electron chi connectivity index (χ4n) is 3.40. The van der Waals surface area contributed by atoms with E-state index < -0.39 is 0 Å². The molecule has 26 heavy (non-hydrogen) atoms. The van der Waals surface area contributed by atoms with Crippen molar-refractivity contribution in [1.82, 2.24) is 9.88 Å². The molecule has 4 rings (SSSR count). The number of benzene rings is 2. The van der Waals surface area contributed by atoms with Crippen LogP contribution in [0.3, 0.4) is 0 Å². The number of carbonyl (C=O) groups is 1. The predicted octanol–water partition coefficient (Wildman–Crippen LogP) is 4.15. The second-order valence-corrected chi connectivity index (χ2v) is 6.98. The van der Waals surface area contributed by atoms with E-state index in [1.165, 1.54) is 0 Å². The highest BCUT2D eigenvalue weighted by Crippen LogP contribution is 2.30. The van der Waals surface area contributed by atoms with Gasteiger partial charge in [0.05, 0.1) is 22.9 Å². The fourth-order valence-corrected chi connectivity index (χ4v) is 3.63. The number of likely N-dealkylation sites (tertiary alicyclic amines) is 1. The number of aromatic nitrogens is 1. The van der Waals surface area contributed by atoms with Crippen molar-refractivity contribution < 1.29 is 9.90 Å². The van der Waals surface area contributed by atoms with Crippen LogP contribution in [0, 0.1) is 0 Å². The summed E-state index contributed by atoms with van der Waals surface area (Å²) in [6, 6.07) is 17.0.